The van der Waals surface area contributed by atoms with Crippen LogP contribution in [0, 0.1) is 0 Å². The molecule has 134 valence electrons. The summed E-state index contributed by atoms with van der Waals surface area (Å²) in [7, 11) is -3.80. The number of sulfonamides is 1. The Morgan fingerprint density at radius 2 is 1.73 bits per heavy atom. The summed E-state index contributed by atoms with van der Waals surface area (Å²) in [6.07, 6.45) is 0. The molecule has 10 heteroatoms. The lowest BCUT2D eigenvalue weighted by atomic mass is 10.1. The smallest absolute Gasteiger partial charge is 0.299 e. The first-order valence-corrected chi connectivity index (χ1v) is 9.81. The summed E-state index contributed by atoms with van der Waals surface area (Å²) >= 11 is 9.32. The van der Waals surface area contributed by atoms with E-state index in [2.05, 4.69) is 21.0 Å². The molecule has 0 atom stereocenters. The van der Waals surface area contributed by atoms with Gasteiger partial charge in [0.05, 0.1) is 16.3 Å². The Balaban J connectivity index is 2.18. The molecule has 0 bridgehead atoms. The Morgan fingerprint density at radius 1 is 1.12 bits per heavy atom. The van der Waals surface area contributed by atoms with E-state index in [4.69, 9.17) is 21.5 Å². The van der Waals surface area contributed by atoms with Crippen LogP contribution in [0.5, 0.6) is 5.88 Å². The predicted octanol–water partition coefficient (Wildman–Crippen LogP) is 3.14. The molecule has 7 nitrogen and oxygen atoms in total. The Labute approximate surface area is 162 Å². The van der Waals surface area contributed by atoms with Gasteiger partial charge in [-0.25, -0.2) is 18.2 Å². The summed E-state index contributed by atoms with van der Waals surface area (Å²) < 4.78 is 29.7. The van der Waals surface area contributed by atoms with Gasteiger partial charge in [-0.05, 0) is 52.3 Å². The van der Waals surface area contributed by atoms with Crippen molar-refractivity contribution in [3.63, 3.8) is 0 Å². The first kappa shape index (κ1) is 18.6. The molecule has 3 rings (SSSR count). The van der Waals surface area contributed by atoms with Gasteiger partial charge in [0.25, 0.3) is 12.4 Å². The molecule has 26 heavy (non-hydrogen) atoms. The van der Waals surface area contributed by atoms with Crippen molar-refractivity contribution in [2.75, 3.05) is 0 Å². The fourth-order valence-electron chi connectivity index (χ4n) is 2.32. The van der Waals surface area contributed by atoms with Gasteiger partial charge in [0.2, 0.25) is 10.0 Å². The Kier molecular flexibility index (Phi) is 5.15. The van der Waals surface area contributed by atoms with Crippen LogP contribution in [0.1, 0.15) is 0 Å². The molecule has 0 unspecified atom stereocenters. The number of nitrogens with zero attached hydrogens (tertiary/aromatic N) is 2. The van der Waals surface area contributed by atoms with Crippen molar-refractivity contribution in [3.8, 4) is 22.8 Å². The highest BCUT2D eigenvalue weighted by atomic mass is 79.9. The molecule has 0 aliphatic carbocycles. The molecule has 2 N–H and O–H groups in total. The summed E-state index contributed by atoms with van der Waals surface area (Å²) in [5.41, 5.74) is 1.90. The second-order valence-electron chi connectivity index (χ2n) is 5.14. The van der Waals surface area contributed by atoms with Gasteiger partial charge < -0.3 is 4.74 Å². The highest BCUT2D eigenvalue weighted by molar-refractivity contribution is 9.10. The molecule has 0 radical (unpaired) electrons. The summed E-state index contributed by atoms with van der Waals surface area (Å²) in [6, 6.07) is 12.8. The summed E-state index contributed by atoms with van der Waals surface area (Å²) in [5.74, 6) is 0.0699. The summed E-state index contributed by atoms with van der Waals surface area (Å²) in [4.78, 5) is 10.7. The van der Waals surface area contributed by atoms with E-state index in [0.29, 0.717) is 20.9 Å². The van der Waals surface area contributed by atoms with Crippen LogP contribution in [0.3, 0.4) is 0 Å². The van der Waals surface area contributed by atoms with Crippen LogP contribution in [0.15, 0.2) is 57.9 Å². The largest absolute Gasteiger partial charge is 0.407 e. The van der Waals surface area contributed by atoms with Crippen molar-refractivity contribution in [1.29, 1.82) is 0 Å². The number of aromatic nitrogens is 2. The lowest BCUT2D eigenvalue weighted by Crippen LogP contribution is -2.12. The zero-order valence-corrected chi connectivity index (χ0v) is 16.1. The molecular formula is C16H11BrClN3O4S. The first-order chi connectivity index (χ1) is 12.3. The third-order valence-electron chi connectivity index (χ3n) is 3.49. The Bertz CT molecular complexity index is 1060. The fraction of sp³-hybridized carbons (Fsp3) is 0. The third-order valence-corrected chi connectivity index (χ3v) is 5.38. The van der Waals surface area contributed by atoms with Crippen molar-refractivity contribution in [2.24, 2.45) is 5.14 Å². The third kappa shape index (κ3) is 3.65. The molecule has 0 fully saturated rings. The molecule has 0 spiro atoms. The number of benzene rings is 2. The second-order valence-corrected chi connectivity index (χ2v) is 7.93. The van der Waals surface area contributed by atoms with E-state index in [1.165, 1.54) is 16.8 Å². The first-order valence-electron chi connectivity index (χ1n) is 7.09. The van der Waals surface area contributed by atoms with E-state index >= 15 is 0 Å². The minimum atomic E-state index is -3.80. The van der Waals surface area contributed by atoms with Crippen LogP contribution in [-0.4, -0.2) is 24.7 Å². The van der Waals surface area contributed by atoms with E-state index < -0.39 is 10.0 Å². The van der Waals surface area contributed by atoms with E-state index in [9.17, 15) is 13.2 Å². The second kappa shape index (κ2) is 7.20. The maximum atomic E-state index is 11.4. The number of nitrogens with two attached hydrogens (primary N) is 1. The average Bonchev–Trinajstić information content (AvgIpc) is 2.92. The molecule has 1 heterocycles. The maximum absolute atomic E-state index is 11.4. The van der Waals surface area contributed by atoms with E-state index in [0.717, 1.165) is 5.56 Å². The van der Waals surface area contributed by atoms with Crippen LogP contribution in [0.4, 0.5) is 0 Å². The standard InChI is InChI=1S/C16H11BrClN3O4S/c17-14-15(10-1-3-11(18)4-2-10)21(20-16(14)25-9-22)12-5-7-13(8-6-12)26(19,23)24/h1-9H,(H2,19,23,24). The summed E-state index contributed by atoms with van der Waals surface area (Å²) in [5, 5.41) is 9.95. The highest BCUT2D eigenvalue weighted by Crippen LogP contribution is 2.37. The van der Waals surface area contributed by atoms with Crippen LogP contribution >= 0.6 is 27.5 Å². The van der Waals surface area contributed by atoms with Crippen molar-refractivity contribution in [1.82, 2.24) is 9.78 Å². The SMILES string of the molecule is NS(=O)(=O)c1ccc(-n2nc(OC=O)c(Br)c2-c2ccc(Cl)cc2)cc1. The number of ether oxygens (including phenoxy) is 1. The molecule has 0 saturated heterocycles. The Hall–Kier alpha value is -2.20. The number of primary sulfonamides is 1. The van der Waals surface area contributed by atoms with Gasteiger partial charge in [0, 0.05) is 10.6 Å². The molecule has 0 saturated carbocycles. The monoisotopic (exact) mass is 455 g/mol. The number of rotatable bonds is 5. The maximum Gasteiger partial charge on any atom is 0.299 e. The minimum Gasteiger partial charge on any atom is -0.407 e. The van der Waals surface area contributed by atoms with E-state index in [1.54, 1.807) is 36.4 Å². The van der Waals surface area contributed by atoms with Gasteiger partial charge in [-0.1, -0.05) is 23.7 Å². The van der Waals surface area contributed by atoms with E-state index in [1.807, 2.05) is 0 Å². The van der Waals surface area contributed by atoms with Gasteiger partial charge >= 0.3 is 0 Å². The normalized spacial score (nSPS) is 11.3. The number of halogens is 2. The predicted molar refractivity (Wildman–Crippen MR) is 99.8 cm³/mol. The van der Waals surface area contributed by atoms with Crippen molar-refractivity contribution >= 4 is 44.0 Å². The molecule has 2 aromatic carbocycles. The van der Waals surface area contributed by atoms with Gasteiger partial charge in [0.15, 0.2) is 0 Å². The number of carbonyl (C=O) groups is 1. The summed E-state index contributed by atoms with van der Waals surface area (Å²) in [6.45, 7) is 0.271. The van der Waals surface area contributed by atoms with Crippen LogP contribution in [0.2, 0.25) is 5.02 Å². The lowest BCUT2D eigenvalue weighted by Gasteiger charge is -2.09. The topological polar surface area (TPSA) is 104 Å². The van der Waals surface area contributed by atoms with E-state index in [-0.39, 0.29) is 17.2 Å². The zero-order chi connectivity index (χ0) is 18.9. The molecule has 0 aliphatic rings. The van der Waals surface area contributed by atoms with Crippen molar-refractivity contribution < 1.29 is 17.9 Å². The Morgan fingerprint density at radius 3 is 2.27 bits per heavy atom. The number of hydrogen-bond donors (Lipinski definition) is 1. The minimum absolute atomic E-state index is 0.0233. The quantitative estimate of drug-likeness (QED) is 0.594. The van der Waals surface area contributed by atoms with Crippen LogP contribution in [0.25, 0.3) is 16.9 Å². The van der Waals surface area contributed by atoms with Gasteiger partial charge in [-0.3, -0.25) is 4.79 Å². The van der Waals surface area contributed by atoms with Gasteiger partial charge in [-0.2, -0.15) is 0 Å². The van der Waals surface area contributed by atoms with Gasteiger partial charge in [-0.15, -0.1) is 5.10 Å². The molecule has 0 amide bonds. The fourth-order valence-corrected chi connectivity index (χ4v) is 3.53. The molecular weight excluding hydrogens is 446 g/mol. The van der Waals surface area contributed by atoms with Crippen molar-refractivity contribution in [2.45, 2.75) is 4.90 Å². The zero-order valence-electron chi connectivity index (χ0n) is 13.0. The molecule has 0 aliphatic heterocycles. The number of carbonyl (C=O) groups excluding carboxylic acids is 1. The average molecular weight is 457 g/mol. The highest BCUT2D eigenvalue weighted by Gasteiger charge is 2.20. The van der Waals surface area contributed by atoms with Crippen molar-refractivity contribution in [3.05, 3.63) is 58.0 Å². The van der Waals surface area contributed by atoms with Crippen LogP contribution < -0.4 is 9.88 Å². The van der Waals surface area contributed by atoms with Crippen LogP contribution in [-0.2, 0) is 14.8 Å². The van der Waals surface area contributed by atoms with Gasteiger partial charge in [0.1, 0.15) is 4.47 Å². The number of hydrogen-bond acceptors (Lipinski definition) is 5. The lowest BCUT2D eigenvalue weighted by molar-refractivity contribution is -0.121. The molecule has 3 aromatic rings. The molecule has 1 aromatic heterocycles.